The maximum Gasteiger partial charge on any atom is 0.115 e. The molecule has 0 aliphatic heterocycles. The van der Waals surface area contributed by atoms with Crippen LogP contribution in [0.3, 0.4) is 0 Å². The van der Waals surface area contributed by atoms with Crippen LogP contribution in [0.2, 0.25) is 10.0 Å². The lowest BCUT2D eigenvalue weighted by molar-refractivity contribution is 0.677. The van der Waals surface area contributed by atoms with Crippen molar-refractivity contribution in [2.75, 3.05) is 0 Å². The van der Waals surface area contributed by atoms with E-state index in [0.29, 0.717) is 15.8 Å². The van der Waals surface area contributed by atoms with E-state index in [1.54, 1.807) is 11.8 Å². The van der Waals surface area contributed by atoms with Crippen molar-refractivity contribution in [2.24, 2.45) is 0 Å². The molecule has 2 aromatic carbocycles. The van der Waals surface area contributed by atoms with Gasteiger partial charge in [-0.05, 0) is 67.5 Å². The molecule has 1 aliphatic rings. The Morgan fingerprint density at radius 2 is 1.83 bits per heavy atom. The van der Waals surface area contributed by atoms with Gasteiger partial charge in [-0.25, -0.2) is 4.98 Å². The summed E-state index contributed by atoms with van der Waals surface area (Å²) in [4.78, 5) is 5.00. The van der Waals surface area contributed by atoms with Crippen molar-refractivity contribution in [2.45, 2.75) is 43.4 Å². The van der Waals surface area contributed by atoms with Gasteiger partial charge in [-0.15, -0.1) is 11.8 Å². The summed E-state index contributed by atoms with van der Waals surface area (Å²) in [7, 11) is 0. The van der Waals surface area contributed by atoms with E-state index < -0.39 is 0 Å². The normalized spacial score (nSPS) is 13.0. The predicted octanol–water partition coefficient (Wildman–Crippen LogP) is 7.41. The molecule has 1 heterocycles. The van der Waals surface area contributed by atoms with Crippen molar-refractivity contribution in [3.8, 4) is 17.3 Å². The average Bonchev–Trinajstić information content (AvgIpc) is 2.73. The first-order valence-electron chi connectivity index (χ1n) is 9.66. The molecule has 0 bridgehead atoms. The second-order valence-corrected chi connectivity index (χ2v) is 9.10. The van der Waals surface area contributed by atoms with Crippen molar-refractivity contribution < 1.29 is 0 Å². The quantitative estimate of drug-likeness (QED) is 0.397. The number of hydrogen-bond donors (Lipinski definition) is 0. The summed E-state index contributed by atoms with van der Waals surface area (Å²) in [5, 5.41) is 11.8. The van der Waals surface area contributed by atoms with Crippen molar-refractivity contribution in [3.63, 3.8) is 0 Å². The van der Waals surface area contributed by atoms with E-state index in [1.165, 1.54) is 16.7 Å². The molecule has 2 nitrogen and oxygen atoms in total. The minimum atomic E-state index is 0.545. The van der Waals surface area contributed by atoms with Gasteiger partial charge in [0.1, 0.15) is 11.1 Å². The largest absolute Gasteiger partial charge is 0.240 e. The minimum absolute atomic E-state index is 0.545. The second kappa shape index (κ2) is 8.79. The first-order valence-corrected chi connectivity index (χ1v) is 11.4. The van der Waals surface area contributed by atoms with E-state index in [0.717, 1.165) is 53.1 Å². The molecule has 3 aromatic rings. The highest BCUT2D eigenvalue weighted by Crippen LogP contribution is 2.38. The van der Waals surface area contributed by atoms with Crippen LogP contribution in [0.1, 0.15) is 40.7 Å². The van der Waals surface area contributed by atoms with Gasteiger partial charge in [0.05, 0.1) is 21.3 Å². The number of nitriles is 1. The van der Waals surface area contributed by atoms with Gasteiger partial charge < -0.3 is 0 Å². The molecule has 5 heteroatoms. The van der Waals surface area contributed by atoms with Crippen LogP contribution in [0.25, 0.3) is 11.3 Å². The first kappa shape index (κ1) is 20.3. The average molecular weight is 439 g/mol. The number of nitrogens with zero attached hydrogens (tertiary/aromatic N) is 2. The van der Waals surface area contributed by atoms with Crippen molar-refractivity contribution in [1.29, 1.82) is 5.26 Å². The third-order valence-corrected chi connectivity index (χ3v) is 7.03. The first-order chi connectivity index (χ1) is 14.1. The van der Waals surface area contributed by atoms with E-state index >= 15 is 0 Å². The summed E-state index contributed by atoms with van der Waals surface area (Å²) in [5.41, 5.74) is 7.59. The summed E-state index contributed by atoms with van der Waals surface area (Å²) in [6.07, 6.45) is 4.20. The molecule has 0 saturated heterocycles. The van der Waals surface area contributed by atoms with Gasteiger partial charge in [-0.2, -0.15) is 5.26 Å². The zero-order valence-corrected chi connectivity index (χ0v) is 18.5. The summed E-state index contributed by atoms with van der Waals surface area (Å²) >= 11 is 13.8. The second-order valence-electron chi connectivity index (χ2n) is 7.32. The Bertz CT molecular complexity index is 1120. The molecular formula is C24H20Cl2N2S. The SMILES string of the molecule is Cc1cccc(-c2nc(SCc3ccc(Cl)c(Cl)c3)c(C#N)c3c2CCCC3)c1. The van der Waals surface area contributed by atoms with Gasteiger partial charge in [0.2, 0.25) is 0 Å². The monoisotopic (exact) mass is 438 g/mol. The number of halogens is 2. The fourth-order valence-corrected chi connectivity index (χ4v) is 5.10. The Morgan fingerprint density at radius 3 is 2.55 bits per heavy atom. The fourth-order valence-electron chi connectivity index (χ4n) is 3.83. The van der Waals surface area contributed by atoms with Crippen LogP contribution in [0.4, 0.5) is 0 Å². The van der Waals surface area contributed by atoms with E-state index in [-0.39, 0.29) is 0 Å². The van der Waals surface area contributed by atoms with Crippen LogP contribution in [-0.2, 0) is 18.6 Å². The highest BCUT2D eigenvalue weighted by Gasteiger charge is 2.23. The number of aromatic nitrogens is 1. The highest BCUT2D eigenvalue weighted by molar-refractivity contribution is 7.98. The molecule has 0 atom stereocenters. The van der Waals surface area contributed by atoms with Gasteiger partial charge >= 0.3 is 0 Å². The molecule has 4 rings (SSSR count). The molecule has 0 radical (unpaired) electrons. The maximum absolute atomic E-state index is 9.92. The molecule has 0 amide bonds. The van der Waals surface area contributed by atoms with Gasteiger partial charge in [0.15, 0.2) is 0 Å². The minimum Gasteiger partial charge on any atom is -0.240 e. The predicted molar refractivity (Wildman–Crippen MR) is 122 cm³/mol. The van der Waals surface area contributed by atoms with E-state index in [2.05, 4.69) is 37.3 Å². The molecule has 0 fully saturated rings. The number of aryl methyl sites for hydroxylation is 1. The fraction of sp³-hybridized carbons (Fsp3) is 0.250. The third kappa shape index (κ3) is 4.31. The lowest BCUT2D eigenvalue weighted by Crippen LogP contribution is -2.10. The van der Waals surface area contributed by atoms with Gasteiger partial charge in [0.25, 0.3) is 0 Å². The maximum atomic E-state index is 9.92. The molecule has 1 aliphatic carbocycles. The molecule has 29 heavy (non-hydrogen) atoms. The van der Waals surface area contributed by atoms with E-state index in [9.17, 15) is 5.26 Å². The summed E-state index contributed by atoms with van der Waals surface area (Å²) in [6.45, 7) is 2.10. The Hall–Kier alpha value is -1.99. The van der Waals surface area contributed by atoms with Crippen molar-refractivity contribution in [1.82, 2.24) is 4.98 Å². The summed E-state index contributed by atoms with van der Waals surface area (Å²) < 4.78 is 0. The standard InChI is InChI=1S/C24H20Cl2N2S/c1-15-5-4-6-17(11-15)23-19-8-3-2-7-18(19)20(13-27)24(28-23)29-14-16-9-10-21(25)22(26)12-16/h4-6,9-12H,2-3,7-8,14H2,1H3. The number of hydrogen-bond acceptors (Lipinski definition) is 3. The lowest BCUT2D eigenvalue weighted by atomic mass is 9.86. The number of pyridine rings is 1. The Kier molecular flexibility index (Phi) is 6.15. The third-order valence-electron chi connectivity index (χ3n) is 5.25. The Balaban J connectivity index is 1.77. The van der Waals surface area contributed by atoms with Crippen LogP contribution in [-0.4, -0.2) is 4.98 Å². The van der Waals surface area contributed by atoms with Crippen LogP contribution in [0, 0.1) is 18.3 Å². The van der Waals surface area contributed by atoms with Crippen LogP contribution in [0.15, 0.2) is 47.5 Å². The topological polar surface area (TPSA) is 36.7 Å². The number of thioether (sulfide) groups is 1. The van der Waals surface area contributed by atoms with Crippen molar-refractivity contribution >= 4 is 35.0 Å². The van der Waals surface area contributed by atoms with E-state index in [1.807, 2.05) is 18.2 Å². The molecule has 0 saturated carbocycles. The summed E-state index contributed by atoms with van der Waals surface area (Å²) in [5.74, 6) is 0.685. The number of rotatable bonds is 4. The molecule has 146 valence electrons. The lowest BCUT2D eigenvalue weighted by Gasteiger charge is -2.22. The van der Waals surface area contributed by atoms with Gasteiger partial charge in [-0.3, -0.25) is 0 Å². The number of benzene rings is 2. The van der Waals surface area contributed by atoms with Crippen LogP contribution in [0.5, 0.6) is 0 Å². The number of fused-ring (bicyclic) bond motifs is 1. The van der Waals surface area contributed by atoms with Crippen LogP contribution >= 0.6 is 35.0 Å². The molecule has 0 spiro atoms. The summed E-state index contributed by atoms with van der Waals surface area (Å²) in [6, 6.07) is 16.6. The Labute approximate surface area is 185 Å². The highest BCUT2D eigenvalue weighted by atomic mass is 35.5. The molecule has 0 unspecified atom stereocenters. The molecule has 1 aromatic heterocycles. The van der Waals surface area contributed by atoms with Crippen molar-refractivity contribution in [3.05, 3.63) is 80.3 Å². The van der Waals surface area contributed by atoms with Gasteiger partial charge in [-0.1, -0.05) is 53.0 Å². The smallest absolute Gasteiger partial charge is 0.115 e. The zero-order valence-electron chi connectivity index (χ0n) is 16.1. The molecule has 0 N–H and O–H groups in total. The Morgan fingerprint density at radius 1 is 1.03 bits per heavy atom. The molecular weight excluding hydrogens is 419 g/mol. The van der Waals surface area contributed by atoms with Crippen LogP contribution < -0.4 is 0 Å². The van der Waals surface area contributed by atoms with Gasteiger partial charge in [0, 0.05) is 11.3 Å². The van der Waals surface area contributed by atoms with E-state index in [4.69, 9.17) is 28.2 Å². The zero-order chi connectivity index (χ0) is 20.4.